The molecular formula is C13H17F3N2O2S. The summed E-state index contributed by atoms with van der Waals surface area (Å²) in [6, 6.07) is 3.72. The number of rotatable bonds is 2. The second-order valence-electron chi connectivity index (χ2n) is 5.24. The molecule has 0 spiro atoms. The van der Waals surface area contributed by atoms with Crippen LogP contribution in [0.15, 0.2) is 29.2 Å². The quantitative estimate of drug-likeness (QED) is 0.908. The van der Waals surface area contributed by atoms with Crippen LogP contribution in [0.5, 0.6) is 0 Å². The van der Waals surface area contributed by atoms with Gasteiger partial charge in [0.2, 0.25) is 10.0 Å². The maximum Gasteiger partial charge on any atom is 0.417 e. The van der Waals surface area contributed by atoms with Gasteiger partial charge in [0.05, 0.1) is 10.5 Å². The molecule has 1 aromatic rings. The van der Waals surface area contributed by atoms with Crippen LogP contribution in [-0.2, 0) is 16.2 Å². The minimum absolute atomic E-state index is 0.121. The summed E-state index contributed by atoms with van der Waals surface area (Å²) in [5, 5.41) is 0. The molecule has 4 nitrogen and oxygen atoms in total. The van der Waals surface area contributed by atoms with E-state index < -0.39 is 32.7 Å². The molecule has 1 aliphatic heterocycles. The van der Waals surface area contributed by atoms with Crippen molar-refractivity contribution in [3.63, 3.8) is 0 Å². The molecule has 2 unspecified atom stereocenters. The second-order valence-corrected chi connectivity index (χ2v) is 7.10. The SMILES string of the molecule is CC1CC(N)CCN1S(=O)(=O)c1ccccc1C(F)(F)F. The van der Waals surface area contributed by atoms with Gasteiger partial charge in [-0.1, -0.05) is 12.1 Å². The van der Waals surface area contributed by atoms with Crippen molar-refractivity contribution >= 4 is 10.0 Å². The van der Waals surface area contributed by atoms with Crippen molar-refractivity contribution in [1.29, 1.82) is 0 Å². The number of hydrogen-bond acceptors (Lipinski definition) is 3. The van der Waals surface area contributed by atoms with Crippen molar-refractivity contribution < 1.29 is 21.6 Å². The molecule has 8 heteroatoms. The van der Waals surface area contributed by atoms with Crippen molar-refractivity contribution in [3.8, 4) is 0 Å². The van der Waals surface area contributed by atoms with E-state index in [2.05, 4.69) is 0 Å². The Morgan fingerprint density at radius 1 is 1.29 bits per heavy atom. The van der Waals surface area contributed by atoms with Gasteiger partial charge >= 0.3 is 6.18 Å². The lowest BCUT2D eigenvalue weighted by molar-refractivity contribution is -0.139. The summed E-state index contributed by atoms with van der Waals surface area (Å²) in [4.78, 5) is -0.695. The Morgan fingerprint density at radius 2 is 1.90 bits per heavy atom. The zero-order valence-corrected chi connectivity index (χ0v) is 12.3. The third kappa shape index (κ3) is 3.22. The number of hydrogen-bond donors (Lipinski definition) is 1. The first kappa shape index (κ1) is 16.3. The molecule has 2 N–H and O–H groups in total. The number of benzene rings is 1. The largest absolute Gasteiger partial charge is 0.417 e. The third-order valence-electron chi connectivity index (χ3n) is 3.63. The zero-order valence-electron chi connectivity index (χ0n) is 11.5. The van der Waals surface area contributed by atoms with E-state index in [1.807, 2.05) is 0 Å². The van der Waals surface area contributed by atoms with Crippen molar-refractivity contribution in [2.24, 2.45) is 5.73 Å². The average molecular weight is 322 g/mol. The Hall–Kier alpha value is -1.12. The van der Waals surface area contributed by atoms with Gasteiger partial charge < -0.3 is 5.73 Å². The number of piperidine rings is 1. The Labute approximate surface area is 121 Å². The van der Waals surface area contributed by atoms with E-state index in [1.165, 1.54) is 12.1 Å². The van der Waals surface area contributed by atoms with Crippen LogP contribution in [0.1, 0.15) is 25.3 Å². The van der Waals surface area contributed by atoms with Crippen molar-refractivity contribution in [3.05, 3.63) is 29.8 Å². The topological polar surface area (TPSA) is 63.4 Å². The van der Waals surface area contributed by atoms with E-state index in [4.69, 9.17) is 5.73 Å². The fourth-order valence-electron chi connectivity index (χ4n) is 2.60. The van der Waals surface area contributed by atoms with Crippen LogP contribution in [0.4, 0.5) is 13.2 Å². The van der Waals surface area contributed by atoms with Crippen molar-refractivity contribution in [2.45, 2.75) is 42.9 Å². The summed E-state index contributed by atoms with van der Waals surface area (Å²) in [5.41, 5.74) is 4.63. The van der Waals surface area contributed by atoms with E-state index in [1.54, 1.807) is 6.92 Å². The van der Waals surface area contributed by atoms with Crippen LogP contribution >= 0.6 is 0 Å². The second kappa shape index (κ2) is 5.58. The molecule has 1 saturated heterocycles. The molecule has 1 aliphatic rings. The predicted molar refractivity (Wildman–Crippen MR) is 72.0 cm³/mol. The molecule has 0 saturated carbocycles. The normalized spacial score (nSPS) is 25.0. The third-order valence-corrected chi connectivity index (χ3v) is 5.71. The van der Waals surface area contributed by atoms with Gasteiger partial charge in [0, 0.05) is 18.6 Å². The van der Waals surface area contributed by atoms with Gasteiger partial charge in [0.1, 0.15) is 0 Å². The van der Waals surface area contributed by atoms with E-state index in [0.717, 1.165) is 16.4 Å². The van der Waals surface area contributed by atoms with Crippen LogP contribution in [0.2, 0.25) is 0 Å². The van der Waals surface area contributed by atoms with Crippen LogP contribution in [0, 0.1) is 0 Å². The van der Waals surface area contributed by atoms with Gasteiger partial charge in [0.15, 0.2) is 0 Å². The number of nitrogens with two attached hydrogens (primary N) is 1. The molecule has 0 radical (unpaired) electrons. The molecular weight excluding hydrogens is 305 g/mol. The predicted octanol–water partition coefficient (Wildman–Crippen LogP) is 2.21. The number of sulfonamides is 1. The van der Waals surface area contributed by atoms with Crippen LogP contribution in [0.3, 0.4) is 0 Å². The summed E-state index contributed by atoms with van der Waals surface area (Å²) in [5.74, 6) is 0. The molecule has 2 rings (SSSR count). The van der Waals surface area contributed by atoms with Gasteiger partial charge in [-0.2, -0.15) is 17.5 Å². The number of nitrogens with zero attached hydrogens (tertiary/aromatic N) is 1. The molecule has 21 heavy (non-hydrogen) atoms. The molecule has 0 aromatic heterocycles. The molecule has 1 fully saturated rings. The minimum atomic E-state index is -4.71. The highest BCUT2D eigenvalue weighted by Crippen LogP contribution is 2.36. The first-order valence-corrected chi connectivity index (χ1v) is 8.01. The lowest BCUT2D eigenvalue weighted by Crippen LogP contribution is -2.48. The van der Waals surface area contributed by atoms with E-state index in [-0.39, 0.29) is 12.6 Å². The number of halogens is 3. The minimum Gasteiger partial charge on any atom is -0.328 e. The van der Waals surface area contributed by atoms with Gasteiger partial charge in [-0.05, 0) is 31.9 Å². The molecule has 2 atom stereocenters. The lowest BCUT2D eigenvalue weighted by Gasteiger charge is -2.35. The van der Waals surface area contributed by atoms with Crippen LogP contribution < -0.4 is 5.73 Å². The average Bonchev–Trinajstić information content (AvgIpc) is 2.37. The Bertz CT molecular complexity index is 616. The van der Waals surface area contributed by atoms with Gasteiger partial charge in [-0.15, -0.1) is 0 Å². The van der Waals surface area contributed by atoms with Gasteiger partial charge in [-0.25, -0.2) is 8.42 Å². The van der Waals surface area contributed by atoms with Crippen LogP contribution in [0.25, 0.3) is 0 Å². The molecule has 1 aromatic carbocycles. The standard InChI is InChI=1S/C13H17F3N2O2S/c1-9-8-10(17)6-7-18(9)21(19,20)12-5-3-2-4-11(12)13(14,15)16/h2-5,9-10H,6-8,17H2,1H3. The fraction of sp³-hybridized carbons (Fsp3) is 0.538. The smallest absolute Gasteiger partial charge is 0.328 e. The zero-order chi connectivity index (χ0) is 15.8. The molecule has 0 bridgehead atoms. The Kier molecular flexibility index (Phi) is 4.32. The Balaban J connectivity index is 2.46. The monoisotopic (exact) mass is 322 g/mol. The Morgan fingerprint density at radius 3 is 2.48 bits per heavy atom. The van der Waals surface area contributed by atoms with Crippen LogP contribution in [-0.4, -0.2) is 31.4 Å². The summed E-state index contributed by atoms with van der Waals surface area (Å²) in [6.45, 7) is 1.80. The molecule has 1 heterocycles. The molecule has 0 aliphatic carbocycles. The maximum atomic E-state index is 13.0. The first-order valence-electron chi connectivity index (χ1n) is 6.57. The van der Waals surface area contributed by atoms with Gasteiger partial charge in [0.25, 0.3) is 0 Å². The molecule has 118 valence electrons. The van der Waals surface area contributed by atoms with E-state index in [0.29, 0.717) is 12.8 Å². The lowest BCUT2D eigenvalue weighted by atomic mass is 10.0. The highest BCUT2D eigenvalue weighted by Gasteiger charge is 2.41. The summed E-state index contributed by atoms with van der Waals surface area (Å²) >= 11 is 0. The van der Waals surface area contributed by atoms with Crippen molar-refractivity contribution in [2.75, 3.05) is 6.54 Å². The fourth-order valence-corrected chi connectivity index (χ4v) is 4.47. The summed E-state index contributed by atoms with van der Waals surface area (Å²) in [7, 11) is -4.19. The summed E-state index contributed by atoms with van der Waals surface area (Å²) in [6.07, 6.45) is -3.83. The summed E-state index contributed by atoms with van der Waals surface area (Å²) < 4.78 is 65.2. The highest BCUT2D eigenvalue weighted by atomic mass is 32.2. The molecule has 0 amide bonds. The first-order chi connectivity index (χ1) is 9.64. The van der Waals surface area contributed by atoms with E-state index in [9.17, 15) is 21.6 Å². The number of alkyl halides is 3. The van der Waals surface area contributed by atoms with Crippen molar-refractivity contribution in [1.82, 2.24) is 4.31 Å². The highest BCUT2D eigenvalue weighted by molar-refractivity contribution is 7.89. The maximum absolute atomic E-state index is 13.0. The van der Waals surface area contributed by atoms with E-state index >= 15 is 0 Å². The van der Waals surface area contributed by atoms with Gasteiger partial charge in [-0.3, -0.25) is 0 Å².